The number of benzene rings is 2. The zero-order chi connectivity index (χ0) is 24.2. The third-order valence-corrected chi connectivity index (χ3v) is 6.11. The maximum atomic E-state index is 12.7. The molecule has 172 valence electrons. The second kappa shape index (κ2) is 9.83. The first-order chi connectivity index (χ1) is 15.6. The highest BCUT2D eigenvalue weighted by molar-refractivity contribution is 8.18. The Labute approximate surface area is 192 Å². The lowest BCUT2D eigenvalue weighted by atomic mass is 10.2. The third kappa shape index (κ3) is 5.96. The van der Waals surface area contributed by atoms with Crippen LogP contribution in [0.3, 0.4) is 0 Å². The van der Waals surface area contributed by atoms with Gasteiger partial charge in [0.15, 0.2) is 16.7 Å². The summed E-state index contributed by atoms with van der Waals surface area (Å²) in [5.74, 6) is -0.943. The second-order valence-electron chi connectivity index (χ2n) is 6.45. The summed E-state index contributed by atoms with van der Waals surface area (Å²) in [6, 6.07) is 8.78. The summed E-state index contributed by atoms with van der Waals surface area (Å²) >= 11 is 0.983. The Kier molecular flexibility index (Phi) is 7.13. The van der Waals surface area contributed by atoms with Crippen molar-refractivity contribution in [2.24, 2.45) is 4.99 Å². The van der Waals surface area contributed by atoms with Crippen molar-refractivity contribution in [1.82, 2.24) is 5.32 Å². The largest absolute Gasteiger partial charge is 0.490 e. The Morgan fingerprint density at radius 3 is 2.67 bits per heavy atom. The molecule has 2 amide bonds. The molecule has 0 atom stereocenters. The van der Waals surface area contributed by atoms with Gasteiger partial charge in [-0.25, -0.2) is 0 Å². The van der Waals surface area contributed by atoms with Crippen LogP contribution in [-0.4, -0.2) is 36.9 Å². The van der Waals surface area contributed by atoms with E-state index in [4.69, 9.17) is 8.92 Å². The molecule has 2 aromatic rings. The van der Waals surface area contributed by atoms with E-state index in [2.05, 4.69) is 10.3 Å². The van der Waals surface area contributed by atoms with E-state index in [1.54, 1.807) is 6.92 Å². The average Bonchev–Trinajstić information content (AvgIpc) is 3.08. The fourth-order valence-corrected chi connectivity index (χ4v) is 4.48. The van der Waals surface area contributed by atoms with Crippen LogP contribution in [0.5, 0.6) is 11.5 Å². The van der Waals surface area contributed by atoms with Gasteiger partial charge in [-0.05, 0) is 48.5 Å². The van der Waals surface area contributed by atoms with Crippen molar-refractivity contribution in [3.63, 3.8) is 0 Å². The molecule has 1 aliphatic heterocycles. The Hall–Kier alpha value is -3.71. The molecule has 0 aromatic heterocycles. The Balaban J connectivity index is 1.88. The molecular weight excluding hydrogens is 474 g/mol. The molecule has 0 saturated carbocycles. The number of carbonyl (C=O) groups excluding carboxylic acids is 2. The molecule has 0 unspecified atom stereocenters. The van der Waals surface area contributed by atoms with Gasteiger partial charge in [0, 0.05) is 19.1 Å². The van der Waals surface area contributed by atoms with Gasteiger partial charge < -0.3 is 14.2 Å². The molecule has 13 heteroatoms. The number of hydrogen-bond acceptors (Lipinski definition) is 9. The number of amides is 2. The summed E-state index contributed by atoms with van der Waals surface area (Å²) in [6.07, 6.45) is 1.51. The SMILES string of the molecule is CCOc1cc(/C=C2\SC(NC(C)=O)=NC2=O)ccc1OS(=O)(=O)c1cccc([N+](=O)[O-])c1. The molecule has 11 nitrogen and oxygen atoms in total. The Bertz CT molecular complexity index is 1300. The lowest BCUT2D eigenvalue weighted by Gasteiger charge is -2.12. The van der Waals surface area contributed by atoms with E-state index >= 15 is 0 Å². The smallest absolute Gasteiger partial charge is 0.339 e. The van der Waals surface area contributed by atoms with Crippen LogP contribution in [0.4, 0.5) is 5.69 Å². The van der Waals surface area contributed by atoms with Gasteiger partial charge in [0.2, 0.25) is 5.91 Å². The molecule has 0 radical (unpaired) electrons. The fourth-order valence-electron chi connectivity index (χ4n) is 2.64. The van der Waals surface area contributed by atoms with Gasteiger partial charge in [-0.3, -0.25) is 19.7 Å². The van der Waals surface area contributed by atoms with E-state index in [0.29, 0.717) is 5.56 Å². The number of amidine groups is 1. The zero-order valence-corrected chi connectivity index (χ0v) is 18.9. The minimum absolute atomic E-state index is 0.0827. The van der Waals surface area contributed by atoms with Crippen molar-refractivity contribution in [1.29, 1.82) is 0 Å². The molecule has 0 spiro atoms. The maximum Gasteiger partial charge on any atom is 0.339 e. The number of non-ortho nitro benzene ring substituents is 1. The molecule has 0 fully saturated rings. The molecule has 33 heavy (non-hydrogen) atoms. The van der Waals surface area contributed by atoms with Gasteiger partial charge in [-0.15, -0.1) is 0 Å². The van der Waals surface area contributed by atoms with Gasteiger partial charge in [0.25, 0.3) is 11.6 Å². The van der Waals surface area contributed by atoms with Crippen LogP contribution >= 0.6 is 11.8 Å². The van der Waals surface area contributed by atoms with E-state index in [-0.39, 0.29) is 39.0 Å². The monoisotopic (exact) mass is 491 g/mol. The lowest BCUT2D eigenvalue weighted by Crippen LogP contribution is -2.23. The molecule has 3 rings (SSSR count). The summed E-state index contributed by atoms with van der Waals surface area (Å²) in [5, 5.41) is 13.5. The number of hydrogen-bond donors (Lipinski definition) is 1. The summed E-state index contributed by atoms with van der Waals surface area (Å²) in [6.45, 7) is 3.18. The summed E-state index contributed by atoms with van der Waals surface area (Å²) in [4.78, 5) is 37.0. The van der Waals surface area contributed by atoms with Crippen LogP contribution < -0.4 is 14.2 Å². The highest BCUT2D eigenvalue weighted by Crippen LogP contribution is 2.34. The Morgan fingerprint density at radius 2 is 2.00 bits per heavy atom. The summed E-state index contributed by atoms with van der Waals surface area (Å²) in [5.41, 5.74) is 0.0972. The van der Waals surface area contributed by atoms with Gasteiger partial charge in [0.05, 0.1) is 16.4 Å². The number of nitro benzene ring substituents is 1. The van der Waals surface area contributed by atoms with Crippen molar-refractivity contribution >= 4 is 50.6 Å². The van der Waals surface area contributed by atoms with Crippen molar-refractivity contribution in [3.8, 4) is 11.5 Å². The van der Waals surface area contributed by atoms with E-state index in [1.807, 2.05) is 0 Å². The van der Waals surface area contributed by atoms with Crippen LogP contribution in [0.1, 0.15) is 19.4 Å². The molecule has 1 aliphatic rings. The van der Waals surface area contributed by atoms with E-state index < -0.39 is 26.6 Å². The zero-order valence-electron chi connectivity index (χ0n) is 17.3. The number of rotatable bonds is 7. The van der Waals surface area contributed by atoms with Crippen molar-refractivity contribution in [2.75, 3.05) is 6.61 Å². The highest BCUT2D eigenvalue weighted by atomic mass is 32.2. The first-order valence-corrected chi connectivity index (χ1v) is 11.6. The van der Waals surface area contributed by atoms with Crippen LogP contribution in [0.25, 0.3) is 6.08 Å². The van der Waals surface area contributed by atoms with Gasteiger partial charge in [-0.1, -0.05) is 12.1 Å². The number of nitro groups is 1. The maximum absolute atomic E-state index is 12.7. The fraction of sp³-hybridized carbons (Fsp3) is 0.150. The number of thioether (sulfide) groups is 1. The molecule has 1 heterocycles. The standard InChI is InChI=1S/C20H17N3O8S2/c1-3-30-17-9-13(10-18-19(25)22-20(32-18)21-12(2)24)7-8-16(17)31-33(28,29)15-6-4-5-14(11-15)23(26)27/h4-11H,3H2,1-2H3,(H,21,22,24,25)/b18-10-. The van der Waals surface area contributed by atoms with Crippen LogP contribution in [0, 0.1) is 10.1 Å². The molecule has 0 aliphatic carbocycles. The minimum Gasteiger partial charge on any atom is -0.490 e. The lowest BCUT2D eigenvalue weighted by molar-refractivity contribution is -0.385. The topological polar surface area (TPSA) is 154 Å². The number of carbonyl (C=O) groups is 2. The van der Waals surface area contributed by atoms with Crippen molar-refractivity contribution < 1.29 is 31.9 Å². The number of nitrogens with one attached hydrogen (secondary N) is 1. The number of aliphatic imine (C=N–C) groups is 1. The van der Waals surface area contributed by atoms with E-state index in [0.717, 1.165) is 23.9 Å². The van der Waals surface area contributed by atoms with E-state index in [1.165, 1.54) is 43.3 Å². The Morgan fingerprint density at radius 1 is 1.24 bits per heavy atom. The quantitative estimate of drug-likeness (QED) is 0.266. The van der Waals surface area contributed by atoms with Gasteiger partial charge >= 0.3 is 10.1 Å². The van der Waals surface area contributed by atoms with Gasteiger partial charge in [-0.2, -0.15) is 13.4 Å². The summed E-state index contributed by atoms with van der Waals surface area (Å²) < 4.78 is 36.0. The highest BCUT2D eigenvalue weighted by Gasteiger charge is 2.24. The summed E-state index contributed by atoms with van der Waals surface area (Å²) in [7, 11) is -4.39. The third-order valence-electron chi connectivity index (χ3n) is 3.99. The molecule has 2 aromatic carbocycles. The molecule has 0 saturated heterocycles. The van der Waals surface area contributed by atoms with Crippen LogP contribution in [0.15, 0.2) is 57.3 Å². The van der Waals surface area contributed by atoms with Crippen molar-refractivity contribution in [3.05, 3.63) is 63.0 Å². The molecule has 1 N–H and O–H groups in total. The van der Waals surface area contributed by atoms with Gasteiger partial charge in [0.1, 0.15) is 4.90 Å². The minimum atomic E-state index is -4.39. The first-order valence-electron chi connectivity index (χ1n) is 9.35. The second-order valence-corrected chi connectivity index (χ2v) is 9.02. The normalized spacial score (nSPS) is 14.7. The van der Waals surface area contributed by atoms with E-state index in [9.17, 15) is 28.1 Å². The van der Waals surface area contributed by atoms with Crippen LogP contribution in [-0.2, 0) is 19.7 Å². The number of nitrogens with zero attached hydrogens (tertiary/aromatic N) is 2. The predicted molar refractivity (Wildman–Crippen MR) is 120 cm³/mol. The number of ether oxygens (including phenoxy) is 1. The van der Waals surface area contributed by atoms with Crippen molar-refractivity contribution in [2.45, 2.75) is 18.7 Å². The average molecular weight is 492 g/mol. The molecular formula is C20H17N3O8S2. The predicted octanol–water partition coefficient (Wildman–Crippen LogP) is 2.87. The van der Waals surface area contributed by atoms with Crippen LogP contribution in [0.2, 0.25) is 0 Å². The first kappa shape index (κ1) is 23.9. The molecule has 0 bridgehead atoms.